The molecule has 104 valence electrons. The highest BCUT2D eigenvalue weighted by molar-refractivity contribution is 5.94. The Balaban J connectivity index is 1.91. The monoisotopic (exact) mass is 262 g/mol. The van der Waals surface area contributed by atoms with Crippen LogP contribution in [0.3, 0.4) is 0 Å². The molecule has 1 unspecified atom stereocenters. The van der Waals surface area contributed by atoms with E-state index in [-0.39, 0.29) is 11.8 Å². The summed E-state index contributed by atoms with van der Waals surface area (Å²) < 4.78 is 0. The van der Waals surface area contributed by atoms with Gasteiger partial charge in [0.1, 0.15) is 0 Å². The van der Waals surface area contributed by atoms with Crippen LogP contribution in [0.15, 0.2) is 24.5 Å². The molecule has 5 heteroatoms. The Morgan fingerprint density at radius 1 is 1.53 bits per heavy atom. The van der Waals surface area contributed by atoms with Crippen molar-refractivity contribution in [1.29, 1.82) is 0 Å². The first-order valence-corrected chi connectivity index (χ1v) is 6.79. The Morgan fingerprint density at radius 3 is 2.89 bits per heavy atom. The van der Waals surface area contributed by atoms with Crippen molar-refractivity contribution < 1.29 is 4.79 Å². The summed E-state index contributed by atoms with van der Waals surface area (Å²) >= 11 is 0. The third kappa shape index (κ3) is 3.75. The Hall–Kier alpha value is -1.46. The zero-order chi connectivity index (χ0) is 13.7. The summed E-state index contributed by atoms with van der Waals surface area (Å²) in [7, 11) is 1.81. The Morgan fingerprint density at radius 2 is 2.26 bits per heavy atom. The number of rotatable bonds is 4. The number of amides is 1. The Bertz CT molecular complexity index is 403. The zero-order valence-electron chi connectivity index (χ0n) is 11.7. The van der Waals surface area contributed by atoms with Crippen LogP contribution in [-0.4, -0.2) is 55.6 Å². The maximum absolute atomic E-state index is 12.4. The molecule has 0 saturated carbocycles. The average Bonchev–Trinajstić information content (AvgIpc) is 2.47. The van der Waals surface area contributed by atoms with E-state index < -0.39 is 0 Å². The lowest BCUT2D eigenvalue weighted by Crippen LogP contribution is -2.47. The van der Waals surface area contributed by atoms with Gasteiger partial charge in [-0.05, 0) is 12.1 Å². The summed E-state index contributed by atoms with van der Waals surface area (Å²) in [5.74, 6) is 0.148. The van der Waals surface area contributed by atoms with Gasteiger partial charge in [0.05, 0.1) is 11.9 Å². The van der Waals surface area contributed by atoms with Gasteiger partial charge in [0.25, 0.3) is 0 Å². The molecule has 1 aliphatic rings. The maximum atomic E-state index is 12.4. The van der Waals surface area contributed by atoms with Gasteiger partial charge in [-0.2, -0.15) is 0 Å². The van der Waals surface area contributed by atoms with E-state index in [0.29, 0.717) is 0 Å². The van der Waals surface area contributed by atoms with Crippen LogP contribution >= 0.6 is 0 Å². The SMILES string of the molecule is CC(CN1CCNCC1)C(=O)N(C)c1cccnc1. The molecule has 1 atom stereocenters. The first kappa shape index (κ1) is 14.0. The third-order valence-electron chi connectivity index (χ3n) is 3.53. The fraction of sp³-hybridized carbons (Fsp3) is 0.571. The molecule has 1 amide bonds. The van der Waals surface area contributed by atoms with Gasteiger partial charge in [0, 0.05) is 51.9 Å². The minimum Gasteiger partial charge on any atom is -0.314 e. The smallest absolute Gasteiger partial charge is 0.230 e. The van der Waals surface area contributed by atoms with Gasteiger partial charge in [0.2, 0.25) is 5.91 Å². The van der Waals surface area contributed by atoms with Crippen LogP contribution in [0, 0.1) is 5.92 Å². The highest BCUT2D eigenvalue weighted by atomic mass is 16.2. The first-order valence-electron chi connectivity index (χ1n) is 6.79. The lowest BCUT2D eigenvalue weighted by Gasteiger charge is -2.30. The van der Waals surface area contributed by atoms with Crippen LogP contribution in [0.2, 0.25) is 0 Å². The molecule has 0 spiro atoms. The molecule has 1 aromatic rings. The van der Waals surface area contributed by atoms with Crippen LogP contribution < -0.4 is 10.2 Å². The summed E-state index contributed by atoms with van der Waals surface area (Å²) in [6.45, 7) is 6.89. The second-order valence-corrected chi connectivity index (χ2v) is 5.06. The Kier molecular flexibility index (Phi) is 4.87. The van der Waals surface area contributed by atoms with Gasteiger partial charge in [-0.1, -0.05) is 6.92 Å². The van der Waals surface area contributed by atoms with Crippen molar-refractivity contribution in [3.8, 4) is 0 Å². The van der Waals surface area contributed by atoms with Crippen LogP contribution in [-0.2, 0) is 4.79 Å². The summed E-state index contributed by atoms with van der Waals surface area (Å²) in [6, 6.07) is 3.75. The maximum Gasteiger partial charge on any atom is 0.230 e. The van der Waals surface area contributed by atoms with Gasteiger partial charge in [-0.15, -0.1) is 0 Å². The molecule has 0 radical (unpaired) electrons. The second kappa shape index (κ2) is 6.63. The average molecular weight is 262 g/mol. The summed E-state index contributed by atoms with van der Waals surface area (Å²) in [6.07, 6.45) is 3.43. The van der Waals surface area contributed by atoms with E-state index in [1.54, 1.807) is 17.3 Å². The largest absolute Gasteiger partial charge is 0.314 e. The van der Waals surface area contributed by atoms with Crippen LogP contribution in [0.25, 0.3) is 0 Å². The minimum absolute atomic E-state index is 0.00306. The van der Waals surface area contributed by atoms with Crippen LogP contribution in [0.5, 0.6) is 0 Å². The molecular weight excluding hydrogens is 240 g/mol. The Labute approximate surface area is 114 Å². The predicted octanol–water partition coefficient (Wildman–Crippen LogP) is 0.586. The number of aromatic nitrogens is 1. The lowest BCUT2D eigenvalue weighted by molar-refractivity contribution is -0.122. The number of nitrogens with one attached hydrogen (secondary N) is 1. The molecule has 0 bridgehead atoms. The minimum atomic E-state index is 0.00306. The van der Waals surface area contributed by atoms with Gasteiger partial charge in [-0.25, -0.2) is 0 Å². The number of carbonyl (C=O) groups is 1. The van der Waals surface area contributed by atoms with E-state index in [9.17, 15) is 4.79 Å². The summed E-state index contributed by atoms with van der Waals surface area (Å²) in [5.41, 5.74) is 0.847. The highest BCUT2D eigenvalue weighted by Crippen LogP contribution is 2.13. The number of nitrogens with zero attached hydrogens (tertiary/aromatic N) is 3. The lowest BCUT2D eigenvalue weighted by atomic mass is 10.1. The fourth-order valence-electron chi connectivity index (χ4n) is 2.37. The first-order chi connectivity index (χ1) is 9.18. The summed E-state index contributed by atoms with van der Waals surface area (Å²) in [5, 5.41) is 3.32. The number of hydrogen-bond donors (Lipinski definition) is 1. The molecule has 1 aliphatic heterocycles. The van der Waals surface area contributed by atoms with E-state index in [2.05, 4.69) is 15.2 Å². The van der Waals surface area contributed by atoms with Crippen LogP contribution in [0.4, 0.5) is 5.69 Å². The zero-order valence-corrected chi connectivity index (χ0v) is 11.7. The fourth-order valence-corrected chi connectivity index (χ4v) is 2.37. The molecule has 19 heavy (non-hydrogen) atoms. The van der Waals surface area contributed by atoms with Crippen molar-refractivity contribution in [2.45, 2.75) is 6.92 Å². The number of piperazine rings is 1. The predicted molar refractivity (Wildman–Crippen MR) is 76.1 cm³/mol. The van der Waals surface area contributed by atoms with E-state index in [1.165, 1.54) is 0 Å². The van der Waals surface area contributed by atoms with Crippen molar-refractivity contribution in [3.63, 3.8) is 0 Å². The number of hydrogen-bond acceptors (Lipinski definition) is 4. The van der Waals surface area contributed by atoms with Gasteiger partial charge in [0.15, 0.2) is 0 Å². The second-order valence-electron chi connectivity index (χ2n) is 5.06. The number of pyridine rings is 1. The van der Waals surface area contributed by atoms with Crippen molar-refractivity contribution in [3.05, 3.63) is 24.5 Å². The number of anilines is 1. The highest BCUT2D eigenvalue weighted by Gasteiger charge is 2.22. The molecule has 1 saturated heterocycles. The van der Waals surface area contributed by atoms with E-state index in [4.69, 9.17) is 0 Å². The quantitative estimate of drug-likeness (QED) is 0.862. The van der Waals surface area contributed by atoms with Gasteiger partial charge in [-0.3, -0.25) is 9.78 Å². The van der Waals surface area contributed by atoms with E-state index in [0.717, 1.165) is 38.4 Å². The van der Waals surface area contributed by atoms with Crippen molar-refractivity contribution in [2.24, 2.45) is 5.92 Å². The molecule has 2 rings (SSSR count). The molecule has 5 nitrogen and oxygen atoms in total. The normalized spacial score (nSPS) is 18.0. The molecule has 0 aliphatic carbocycles. The van der Waals surface area contributed by atoms with Gasteiger partial charge >= 0.3 is 0 Å². The van der Waals surface area contributed by atoms with Crippen molar-refractivity contribution >= 4 is 11.6 Å². The molecule has 1 fully saturated rings. The topological polar surface area (TPSA) is 48.5 Å². The number of carbonyl (C=O) groups excluding carboxylic acids is 1. The van der Waals surface area contributed by atoms with Gasteiger partial charge < -0.3 is 15.1 Å². The van der Waals surface area contributed by atoms with Crippen molar-refractivity contribution in [1.82, 2.24) is 15.2 Å². The van der Waals surface area contributed by atoms with Crippen molar-refractivity contribution in [2.75, 3.05) is 44.7 Å². The molecule has 2 heterocycles. The standard InChI is InChI=1S/C14H22N4O/c1-12(11-18-8-6-15-7-9-18)14(19)17(2)13-4-3-5-16-10-13/h3-5,10,12,15H,6-9,11H2,1-2H3. The summed E-state index contributed by atoms with van der Waals surface area (Å²) in [4.78, 5) is 20.5. The van der Waals surface area contributed by atoms with E-state index in [1.807, 2.05) is 26.1 Å². The van der Waals surface area contributed by atoms with E-state index >= 15 is 0 Å². The molecular formula is C14H22N4O. The third-order valence-corrected chi connectivity index (χ3v) is 3.53. The molecule has 0 aromatic carbocycles. The van der Waals surface area contributed by atoms with Crippen LogP contribution in [0.1, 0.15) is 6.92 Å². The molecule has 1 N–H and O–H groups in total. The molecule has 1 aromatic heterocycles.